The maximum absolute atomic E-state index is 12.7. The highest BCUT2D eigenvalue weighted by Crippen LogP contribution is 2.39. The lowest BCUT2D eigenvalue weighted by atomic mass is 9.73. The molecule has 0 radical (unpaired) electrons. The van der Waals surface area contributed by atoms with Crippen molar-refractivity contribution in [1.82, 2.24) is 19.6 Å². The zero-order valence-corrected chi connectivity index (χ0v) is 15.9. The number of aromatic nitrogens is 2. The van der Waals surface area contributed by atoms with E-state index >= 15 is 0 Å². The molecule has 144 valence electrons. The van der Waals surface area contributed by atoms with Crippen molar-refractivity contribution in [3.8, 4) is 0 Å². The fraction of sp³-hybridized carbons (Fsp3) is 0.737. The monoisotopic (exact) mass is 362 g/mol. The fourth-order valence-corrected chi connectivity index (χ4v) is 4.27. The van der Waals surface area contributed by atoms with Gasteiger partial charge in [-0.2, -0.15) is 5.10 Å². The molecule has 0 aliphatic carbocycles. The molecule has 7 nitrogen and oxygen atoms in total. The molecule has 26 heavy (non-hydrogen) atoms. The minimum absolute atomic E-state index is 0.0594. The molecule has 2 saturated heterocycles. The van der Waals surface area contributed by atoms with E-state index in [1.165, 1.54) is 0 Å². The zero-order valence-electron chi connectivity index (χ0n) is 15.9. The molecule has 1 atom stereocenters. The Morgan fingerprint density at radius 2 is 2.19 bits per heavy atom. The predicted molar refractivity (Wildman–Crippen MR) is 97.5 cm³/mol. The number of carbonyl (C=O) groups excluding carboxylic acids is 2. The minimum Gasteiger partial charge on any atom is -0.383 e. The molecular weight excluding hydrogens is 332 g/mol. The van der Waals surface area contributed by atoms with Crippen molar-refractivity contribution >= 4 is 11.8 Å². The molecule has 0 bridgehead atoms. The molecule has 7 heteroatoms. The Morgan fingerprint density at radius 3 is 2.92 bits per heavy atom. The van der Waals surface area contributed by atoms with E-state index in [2.05, 4.69) is 5.10 Å². The smallest absolute Gasteiger partial charge is 0.222 e. The Labute approximate surface area is 155 Å². The number of hydrogen-bond donors (Lipinski definition) is 0. The molecule has 0 aromatic carbocycles. The van der Waals surface area contributed by atoms with Crippen LogP contribution >= 0.6 is 0 Å². The lowest BCUT2D eigenvalue weighted by molar-refractivity contribution is -0.143. The average Bonchev–Trinajstić information content (AvgIpc) is 3.06. The first-order valence-electron chi connectivity index (χ1n) is 9.53. The highest BCUT2D eigenvalue weighted by Gasteiger charge is 2.42. The Balaban J connectivity index is 1.57. The third kappa shape index (κ3) is 4.44. The summed E-state index contributed by atoms with van der Waals surface area (Å²) in [6.07, 6.45) is 8.63. The molecule has 2 amide bonds. The van der Waals surface area contributed by atoms with E-state index in [0.717, 1.165) is 50.9 Å². The van der Waals surface area contributed by atoms with Gasteiger partial charge in [-0.05, 0) is 31.2 Å². The van der Waals surface area contributed by atoms with E-state index in [4.69, 9.17) is 4.74 Å². The van der Waals surface area contributed by atoms with Crippen LogP contribution in [0.1, 0.15) is 37.7 Å². The molecule has 0 N–H and O–H groups in total. The highest BCUT2D eigenvalue weighted by molar-refractivity contribution is 5.78. The Kier molecular flexibility index (Phi) is 5.96. The second-order valence-corrected chi connectivity index (χ2v) is 7.75. The van der Waals surface area contributed by atoms with Crippen LogP contribution in [0.5, 0.6) is 0 Å². The molecule has 2 aliphatic heterocycles. The van der Waals surface area contributed by atoms with Gasteiger partial charge in [-0.25, -0.2) is 0 Å². The predicted octanol–water partition coefficient (Wildman–Crippen LogP) is 1.23. The Morgan fingerprint density at radius 1 is 1.35 bits per heavy atom. The van der Waals surface area contributed by atoms with Crippen molar-refractivity contribution < 1.29 is 14.3 Å². The molecule has 2 fully saturated rings. The molecule has 1 aromatic rings. The van der Waals surface area contributed by atoms with Crippen molar-refractivity contribution in [3.63, 3.8) is 0 Å². The van der Waals surface area contributed by atoms with E-state index in [1.807, 2.05) is 29.2 Å². The number of amides is 2. The average molecular weight is 362 g/mol. The van der Waals surface area contributed by atoms with Gasteiger partial charge < -0.3 is 14.5 Å². The van der Waals surface area contributed by atoms with Crippen LogP contribution in [0.25, 0.3) is 0 Å². The maximum Gasteiger partial charge on any atom is 0.222 e. The molecule has 1 spiro atoms. The van der Waals surface area contributed by atoms with Crippen molar-refractivity contribution in [2.75, 3.05) is 39.9 Å². The Hall–Kier alpha value is -1.89. The maximum atomic E-state index is 12.7. The van der Waals surface area contributed by atoms with Crippen molar-refractivity contribution in [3.05, 3.63) is 18.0 Å². The van der Waals surface area contributed by atoms with Crippen LogP contribution in [0.4, 0.5) is 0 Å². The van der Waals surface area contributed by atoms with Gasteiger partial charge >= 0.3 is 0 Å². The second-order valence-electron chi connectivity index (χ2n) is 7.75. The van der Waals surface area contributed by atoms with Crippen molar-refractivity contribution in [2.45, 2.75) is 38.5 Å². The first kappa shape index (κ1) is 18.9. The topological polar surface area (TPSA) is 67.7 Å². The van der Waals surface area contributed by atoms with E-state index in [1.54, 1.807) is 11.8 Å². The third-order valence-electron chi connectivity index (χ3n) is 5.71. The first-order valence-corrected chi connectivity index (χ1v) is 9.53. The number of ether oxygens (including phenoxy) is 1. The largest absolute Gasteiger partial charge is 0.383 e. The Bertz CT molecular complexity index is 644. The van der Waals surface area contributed by atoms with Crippen LogP contribution in [-0.4, -0.2) is 71.3 Å². The van der Waals surface area contributed by atoms with Crippen LogP contribution in [0.2, 0.25) is 0 Å². The molecule has 3 rings (SSSR count). The van der Waals surface area contributed by atoms with Crippen LogP contribution in [-0.2, 0) is 27.8 Å². The summed E-state index contributed by atoms with van der Waals surface area (Å²) in [5.41, 5.74) is 1.16. The molecule has 0 unspecified atom stereocenters. The highest BCUT2D eigenvalue weighted by atomic mass is 16.5. The summed E-state index contributed by atoms with van der Waals surface area (Å²) >= 11 is 0. The zero-order chi connectivity index (χ0) is 18.6. The van der Waals surface area contributed by atoms with E-state index in [0.29, 0.717) is 26.0 Å². The van der Waals surface area contributed by atoms with E-state index < -0.39 is 0 Å². The van der Waals surface area contributed by atoms with Gasteiger partial charge in [0.05, 0.1) is 12.8 Å². The fourth-order valence-electron chi connectivity index (χ4n) is 4.27. The normalized spacial score (nSPS) is 23.7. The van der Waals surface area contributed by atoms with Gasteiger partial charge in [-0.3, -0.25) is 14.3 Å². The number of aryl methyl sites for hydroxylation is 2. The van der Waals surface area contributed by atoms with Crippen molar-refractivity contribution in [2.24, 2.45) is 12.5 Å². The van der Waals surface area contributed by atoms with Gasteiger partial charge in [-0.15, -0.1) is 0 Å². The number of rotatable bonds is 6. The van der Waals surface area contributed by atoms with Crippen LogP contribution < -0.4 is 0 Å². The van der Waals surface area contributed by atoms with E-state index in [9.17, 15) is 9.59 Å². The first-order chi connectivity index (χ1) is 12.5. The van der Waals surface area contributed by atoms with Crippen molar-refractivity contribution in [1.29, 1.82) is 0 Å². The molecular formula is C19H30N4O3. The minimum atomic E-state index is 0.0594. The number of carbonyl (C=O) groups is 2. The summed E-state index contributed by atoms with van der Waals surface area (Å²) in [5.74, 6) is 0.431. The molecule has 1 aromatic heterocycles. The molecule has 2 aliphatic rings. The standard InChI is InChI=1S/C19H30N4O3/c1-21-13-16(12-20-21)4-5-17(24)22-9-3-7-19(14-22)8-6-18(25)23(15-19)10-11-26-2/h12-13H,3-11,14-15H2,1-2H3/t19-/m1/s1. The number of likely N-dealkylation sites (tertiary alicyclic amines) is 2. The quantitative estimate of drug-likeness (QED) is 0.763. The lowest BCUT2D eigenvalue weighted by Crippen LogP contribution is -2.55. The van der Waals surface area contributed by atoms with Crippen LogP contribution in [0.15, 0.2) is 12.4 Å². The molecule has 0 saturated carbocycles. The number of piperidine rings is 2. The second kappa shape index (κ2) is 8.20. The van der Waals surface area contributed by atoms with Gasteiger partial charge in [0.15, 0.2) is 0 Å². The van der Waals surface area contributed by atoms with E-state index in [-0.39, 0.29) is 17.2 Å². The van der Waals surface area contributed by atoms with Crippen LogP contribution in [0, 0.1) is 5.41 Å². The van der Waals surface area contributed by atoms with Gasteiger partial charge in [0.25, 0.3) is 0 Å². The van der Waals surface area contributed by atoms with Gasteiger partial charge in [0.2, 0.25) is 11.8 Å². The lowest BCUT2D eigenvalue weighted by Gasteiger charge is -2.48. The molecule has 3 heterocycles. The summed E-state index contributed by atoms with van der Waals surface area (Å²) in [5, 5.41) is 4.16. The van der Waals surface area contributed by atoms with Gasteiger partial charge in [0, 0.05) is 64.8 Å². The number of methoxy groups -OCH3 is 1. The SMILES string of the molecule is COCCN1C[C@]2(CCCN(C(=O)CCc3cnn(C)c3)C2)CCC1=O. The summed E-state index contributed by atoms with van der Waals surface area (Å²) in [6, 6.07) is 0. The van der Waals surface area contributed by atoms with Gasteiger partial charge in [-0.1, -0.05) is 0 Å². The van der Waals surface area contributed by atoms with Crippen LogP contribution in [0.3, 0.4) is 0 Å². The summed E-state index contributed by atoms with van der Waals surface area (Å²) in [6.45, 7) is 3.57. The van der Waals surface area contributed by atoms with Gasteiger partial charge in [0.1, 0.15) is 0 Å². The summed E-state index contributed by atoms with van der Waals surface area (Å²) in [4.78, 5) is 28.9. The third-order valence-corrected chi connectivity index (χ3v) is 5.71. The summed E-state index contributed by atoms with van der Waals surface area (Å²) in [7, 11) is 3.55. The number of nitrogens with zero attached hydrogens (tertiary/aromatic N) is 4. The summed E-state index contributed by atoms with van der Waals surface area (Å²) < 4.78 is 6.91. The number of hydrogen-bond acceptors (Lipinski definition) is 4.